The molecule has 2 nitrogen and oxygen atoms in total. The van der Waals surface area contributed by atoms with E-state index in [-0.39, 0.29) is 28.4 Å². The molecule has 1 aromatic carbocycles. The summed E-state index contributed by atoms with van der Waals surface area (Å²) >= 11 is 0. The van der Waals surface area contributed by atoms with Gasteiger partial charge in [0.15, 0.2) is 5.78 Å². The molecule has 1 N–H and O–H groups in total. The van der Waals surface area contributed by atoms with E-state index in [9.17, 15) is 9.90 Å². The van der Waals surface area contributed by atoms with Gasteiger partial charge in [-0.05, 0) is 75.7 Å². The fourth-order valence-electron chi connectivity index (χ4n) is 6.69. The Labute approximate surface area is 170 Å². The van der Waals surface area contributed by atoms with Crippen LogP contribution in [0, 0.1) is 29.6 Å². The molecule has 0 unspecified atom stereocenters. The average molecular weight is 381 g/mol. The maximum Gasteiger partial charge on any atom is 0.168 e. The predicted octanol–water partition coefficient (Wildman–Crippen LogP) is 5.97. The Kier molecular flexibility index (Phi) is 4.47. The lowest BCUT2D eigenvalue weighted by Crippen LogP contribution is -2.56. The van der Waals surface area contributed by atoms with Crippen LogP contribution in [0.2, 0.25) is 0 Å². The monoisotopic (exact) mass is 380 g/mol. The van der Waals surface area contributed by atoms with Gasteiger partial charge in [-0.1, -0.05) is 61.7 Å². The van der Waals surface area contributed by atoms with Gasteiger partial charge in [-0.25, -0.2) is 0 Å². The number of allylic oxidation sites excluding steroid dienone is 2. The zero-order chi connectivity index (χ0) is 20.5. The Morgan fingerprint density at radius 2 is 1.61 bits per heavy atom. The first-order valence-corrected chi connectivity index (χ1v) is 11.0. The van der Waals surface area contributed by atoms with Gasteiger partial charge in [0, 0.05) is 11.3 Å². The van der Waals surface area contributed by atoms with Crippen LogP contribution in [0.3, 0.4) is 0 Å². The van der Waals surface area contributed by atoms with Gasteiger partial charge in [0.05, 0.1) is 0 Å². The number of hydrogen-bond acceptors (Lipinski definition) is 2. The van der Waals surface area contributed by atoms with Crippen molar-refractivity contribution in [2.75, 3.05) is 0 Å². The van der Waals surface area contributed by atoms with Crippen molar-refractivity contribution in [1.82, 2.24) is 0 Å². The molecule has 0 radical (unpaired) electrons. The zero-order valence-corrected chi connectivity index (χ0v) is 18.4. The molecule has 2 bridgehead atoms. The number of fused-ring (bicyclic) bond motifs is 2. The largest absolute Gasteiger partial charge is 0.381 e. The molecule has 0 heterocycles. The van der Waals surface area contributed by atoms with Crippen LogP contribution in [-0.4, -0.2) is 16.5 Å². The van der Waals surface area contributed by atoms with Gasteiger partial charge in [-0.15, -0.1) is 0 Å². The molecule has 3 aliphatic rings. The number of ketones is 1. The van der Waals surface area contributed by atoms with Crippen molar-refractivity contribution in [3.63, 3.8) is 0 Å². The lowest BCUT2D eigenvalue weighted by molar-refractivity contribution is -0.160. The first-order chi connectivity index (χ1) is 13.0. The topological polar surface area (TPSA) is 37.3 Å². The number of aliphatic hydroxyl groups is 1. The van der Waals surface area contributed by atoms with Crippen molar-refractivity contribution in [1.29, 1.82) is 0 Å². The molecule has 2 heteroatoms. The third-order valence-corrected chi connectivity index (χ3v) is 9.41. The summed E-state index contributed by atoms with van der Waals surface area (Å²) < 4.78 is 0. The second-order valence-corrected chi connectivity index (χ2v) is 10.8. The number of aryl methyl sites for hydroxylation is 1. The zero-order valence-electron chi connectivity index (χ0n) is 18.4. The smallest absolute Gasteiger partial charge is 0.168 e. The van der Waals surface area contributed by atoms with Crippen LogP contribution in [-0.2, 0) is 4.79 Å². The summed E-state index contributed by atoms with van der Waals surface area (Å²) in [5, 5.41) is 11.9. The average Bonchev–Trinajstić information content (AvgIpc) is 2.96. The molecule has 0 spiro atoms. The van der Waals surface area contributed by atoms with E-state index in [0.29, 0.717) is 12.3 Å². The maximum atomic E-state index is 14.0. The number of carbonyl (C=O) groups is 1. The van der Waals surface area contributed by atoms with E-state index < -0.39 is 5.60 Å². The normalized spacial score (nSPS) is 39.5. The molecule has 5 atom stereocenters. The Bertz CT molecular complexity index is 830. The summed E-state index contributed by atoms with van der Waals surface area (Å²) in [6, 6.07) is 8.66. The van der Waals surface area contributed by atoms with Crippen molar-refractivity contribution >= 4 is 5.78 Å². The van der Waals surface area contributed by atoms with Gasteiger partial charge in [0.1, 0.15) is 5.60 Å². The molecule has 2 fully saturated rings. The molecular weight excluding hydrogens is 344 g/mol. The van der Waals surface area contributed by atoms with Crippen molar-refractivity contribution in [2.24, 2.45) is 22.7 Å². The molecular formula is C26H36O2. The van der Waals surface area contributed by atoms with Crippen molar-refractivity contribution in [3.05, 3.63) is 46.5 Å². The molecule has 4 rings (SSSR count). The maximum absolute atomic E-state index is 14.0. The molecule has 3 aliphatic carbocycles. The highest BCUT2D eigenvalue weighted by atomic mass is 16.3. The fourth-order valence-corrected chi connectivity index (χ4v) is 6.69. The van der Waals surface area contributed by atoms with Crippen molar-refractivity contribution in [2.45, 2.75) is 85.2 Å². The SMILES string of the molecule is CC1=C(C)C[C@H](c2ccc(C)cc2)[C@@H](C(=O)[C@@]2(O)C[C@H]3CC[C@]2(C)C3(C)C)C1. The summed E-state index contributed by atoms with van der Waals surface area (Å²) in [5.41, 5.74) is 3.74. The molecule has 0 aliphatic heterocycles. The summed E-state index contributed by atoms with van der Waals surface area (Å²) in [4.78, 5) is 14.0. The van der Waals surface area contributed by atoms with E-state index in [1.165, 1.54) is 22.3 Å². The van der Waals surface area contributed by atoms with Crippen molar-refractivity contribution < 1.29 is 9.90 Å². The summed E-state index contributed by atoms with van der Waals surface area (Å²) in [6.07, 6.45) is 4.46. The van der Waals surface area contributed by atoms with E-state index >= 15 is 0 Å². The quantitative estimate of drug-likeness (QED) is 0.656. The molecule has 152 valence electrons. The third kappa shape index (κ3) is 2.53. The van der Waals surface area contributed by atoms with Crippen LogP contribution in [0.25, 0.3) is 0 Å². The molecule has 0 saturated heterocycles. The molecule has 28 heavy (non-hydrogen) atoms. The van der Waals surface area contributed by atoms with Crippen LogP contribution in [0.1, 0.15) is 83.8 Å². The third-order valence-electron chi connectivity index (χ3n) is 9.41. The van der Waals surface area contributed by atoms with Crippen LogP contribution in [0.5, 0.6) is 0 Å². The predicted molar refractivity (Wildman–Crippen MR) is 114 cm³/mol. The van der Waals surface area contributed by atoms with Gasteiger partial charge >= 0.3 is 0 Å². The lowest BCUT2D eigenvalue weighted by Gasteiger charge is -2.47. The first kappa shape index (κ1) is 19.9. The Balaban J connectivity index is 1.73. The van der Waals surface area contributed by atoms with Gasteiger partial charge in [0.25, 0.3) is 0 Å². The van der Waals surface area contributed by atoms with Crippen LogP contribution < -0.4 is 0 Å². The minimum atomic E-state index is -1.18. The Morgan fingerprint density at radius 1 is 1.00 bits per heavy atom. The Hall–Kier alpha value is -1.41. The van der Waals surface area contributed by atoms with Crippen molar-refractivity contribution in [3.8, 4) is 0 Å². The lowest BCUT2D eigenvalue weighted by atomic mass is 9.59. The second-order valence-electron chi connectivity index (χ2n) is 10.8. The summed E-state index contributed by atoms with van der Waals surface area (Å²) in [6.45, 7) is 13.2. The number of carbonyl (C=O) groups excluding carboxylic acids is 1. The molecule has 2 saturated carbocycles. The highest BCUT2D eigenvalue weighted by molar-refractivity contribution is 5.92. The van der Waals surface area contributed by atoms with E-state index in [1.807, 2.05) is 0 Å². The molecule has 0 amide bonds. The highest BCUT2D eigenvalue weighted by Gasteiger charge is 2.71. The van der Waals surface area contributed by atoms with E-state index in [0.717, 1.165) is 25.7 Å². The van der Waals surface area contributed by atoms with Crippen LogP contribution in [0.15, 0.2) is 35.4 Å². The fraction of sp³-hybridized carbons (Fsp3) is 0.654. The number of benzene rings is 1. The highest BCUT2D eigenvalue weighted by Crippen LogP contribution is 2.70. The van der Waals surface area contributed by atoms with Gasteiger partial charge in [-0.2, -0.15) is 0 Å². The second kappa shape index (κ2) is 6.29. The van der Waals surface area contributed by atoms with E-state index in [1.54, 1.807) is 0 Å². The van der Waals surface area contributed by atoms with Gasteiger partial charge in [-0.3, -0.25) is 4.79 Å². The Morgan fingerprint density at radius 3 is 2.14 bits per heavy atom. The van der Waals surface area contributed by atoms with Gasteiger partial charge in [0.2, 0.25) is 0 Å². The van der Waals surface area contributed by atoms with E-state index in [2.05, 4.69) is 65.8 Å². The van der Waals surface area contributed by atoms with Crippen LogP contribution >= 0.6 is 0 Å². The standard InChI is InChI=1S/C26H36O2/c1-16-7-9-19(10-8-16)21-13-17(2)18(3)14-22(21)23(27)26(28)15-20-11-12-25(26,6)24(20,4)5/h7-10,20-22,28H,11-15H2,1-6H3/t20-,21-,22+,25-,26+/m1/s1. The minimum absolute atomic E-state index is 0.0201. The van der Waals surface area contributed by atoms with E-state index in [4.69, 9.17) is 0 Å². The number of rotatable bonds is 3. The number of Topliss-reactive ketones (excluding diaryl/α,β-unsaturated/α-hetero) is 1. The summed E-state index contributed by atoms with van der Waals surface area (Å²) in [5.74, 6) is 0.615. The van der Waals surface area contributed by atoms with Gasteiger partial charge < -0.3 is 5.11 Å². The minimum Gasteiger partial charge on any atom is -0.381 e. The molecule has 1 aromatic rings. The summed E-state index contributed by atoms with van der Waals surface area (Å²) in [7, 11) is 0. The number of hydrogen-bond donors (Lipinski definition) is 1. The first-order valence-electron chi connectivity index (χ1n) is 11.0. The molecule has 0 aromatic heterocycles. The van der Waals surface area contributed by atoms with Crippen LogP contribution in [0.4, 0.5) is 0 Å².